The highest BCUT2D eigenvalue weighted by Crippen LogP contribution is 2.33. The number of hydrogen-bond acceptors (Lipinski definition) is 6. The Labute approximate surface area is 165 Å². The molecule has 4 rings (SSSR count). The molecule has 1 aliphatic rings. The van der Waals surface area contributed by atoms with E-state index in [9.17, 15) is 9.59 Å². The number of benzene rings is 2. The first-order valence-corrected chi connectivity index (χ1v) is 9.38. The number of amides is 1. The van der Waals surface area contributed by atoms with Gasteiger partial charge in [-0.25, -0.2) is 4.98 Å². The molecule has 1 aromatic heterocycles. The first kappa shape index (κ1) is 17.9. The summed E-state index contributed by atoms with van der Waals surface area (Å²) in [5.41, 5.74) is 2.22. The molecule has 0 fully saturated rings. The number of hydrogen-bond donors (Lipinski definition) is 1. The van der Waals surface area contributed by atoms with E-state index in [4.69, 9.17) is 9.47 Å². The van der Waals surface area contributed by atoms with Crippen molar-refractivity contribution in [1.29, 1.82) is 0 Å². The third-order valence-electron chi connectivity index (χ3n) is 4.05. The van der Waals surface area contributed by atoms with Gasteiger partial charge in [-0.15, -0.1) is 0 Å². The molecule has 1 aliphatic heterocycles. The van der Waals surface area contributed by atoms with Gasteiger partial charge in [0.25, 0.3) is 0 Å². The van der Waals surface area contributed by atoms with Crippen molar-refractivity contribution < 1.29 is 19.1 Å². The Morgan fingerprint density at radius 3 is 2.68 bits per heavy atom. The van der Waals surface area contributed by atoms with Gasteiger partial charge in [-0.3, -0.25) is 14.9 Å². The number of carbonyl (C=O) groups is 2. The van der Waals surface area contributed by atoms with Crippen LogP contribution in [0, 0.1) is 0 Å². The number of thiazole rings is 1. The summed E-state index contributed by atoms with van der Waals surface area (Å²) in [5, 5.41) is 3.10. The second kappa shape index (κ2) is 7.66. The van der Waals surface area contributed by atoms with E-state index in [0.717, 1.165) is 11.1 Å². The number of nitrogens with zero attached hydrogens (tertiary/aromatic N) is 1. The highest BCUT2D eigenvalue weighted by atomic mass is 32.1. The minimum atomic E-state index is -0.332. The SMILES string of the molecule is CC(=O)c1sc(NC(=O)/C=C/c2ccc3c(c2)OCO3)nc1-c1ccccc1. The second-order valence-corrected chi connectivity index (χ2v) is 7.05. The fraction of sp³-hybridized carbons (Fsp3) is 0.0952. The van der Waals surface area contributed by atoms with Crippen molar-refractivity contribution in [3.8, 4) is 22.8 Å². The summed E-state index contributed by atoms with van der Waals surface area (Å²) in [6.07, 6.45) is 3.09. The number of Topliss-reactive ketones (excluding diaryl/α,β-unsaturated/α-hetero) is 1. The molecule has 6 nitrogen and oxygen atoms in total. The number of ether oxygens (including phenoxy) is 2. The van der Waals surface area contributed by atoms with Crippen LogP contribution in [0.2, 0.25) is 0 Å². The van der Waals surface area contributed by atoms with Gasteiger partial charge in [-0.05, 0) is 23.8 Å². The molecule has 0 bridgehead atoms. The van der Waals surface area contributed by atoms with Gasteiger partial charge < -0.3 is 9.47 Å². The van der Waals surface area contributed by atoms with Crippen molar-refractivity contribution in [2.45, 2.75) is 6.92 Å². The topological polar surface area (TPSA) is 77.5 Å². The smallest absolute Gasteiger partial charge is 0.250 e. The maximum absolute atomic E-state index is 12.3. The number of fused-ring (bicyclic) bond motifs is 1. The van der Waals surface area contributed by atoms with Crippen LogP contribution in [-0.2, 0) is 4.79 Å². The van der Waals surface area contributed by atoms with E-state index in [1.165, 1.54) is 24.3 Å². The summed E-state index contributed by atoms with van der Waals surface area (Å²) in [6.45, 7) is 1.69. The van der Waals surface area contributed by atoms with E-state index in [0.29, 0.717) is 27.2 Å². The number of carbonyl (C=O) groups excluding carboxylic acids is 2. The quantitative estimate of drug-likeness (QED) is 0.515. The Hall–Kier alpha value is -3.45. The van der Waals surface area contributed by atoms with Crippen LogP contribution in [0.4, 0.5) is 5.13 Å². The van der Waals surface area contributed by atoms with Crippen LogP contribution in [-0.4, -0.2) is 23.5 Å². The van der Waals surface area contributed by atoms with Crippen molar-refractivity contribution in [3.05, 3.63) is 65.0 Å². The van der Waals surface area contributed by atoms with E-state index in [1.807, 2.05) is 36.4 Å². The van der Waals surface area contributed by atoms with Crippen molar-refractivity contribution in [2.75, 3.05) is 12.1 Å². The van der Waals surface area contributed by atoms with Crippen LogP contribution in [0.5, 0.6) is 11.5 Å². The summed E-state index contributed by atoms with van der Waals surface area (Å²) in [7, 11) is 0. The largest absolute Gasteiger partial charge is 0.454 e. The predicted molar refractivity (Wildman–Crippen MR) is 108 cm³/mol. The van der Waals surface area contributed by atoms with Gasteiger partial charge in [0.2, 0.25) is 12.7 Å². The Bertz CT molecular complexity index is 1070. The van der Waals surface area contributed by atoms with E-state index in [-0.39, 0.29) is 18.5 Å². The van der Waals surface area contributed by atoms with Crippen molar-refractivity contribution in [2.24, 2.45) is 0 Å². The lowest BCUT2D eigenvalue weighted by Crippen LogP contribution is -2.07. The van der Waals surface area contributed by atoms with Crippen LogP contribution in [0.1, 0.15) is 22.2 Å². The summed E-state index contributed by atoms with van der Waals surface area (Å²) in [6, 6.07) is 14.9. The molecule has 2 aromatic carbocycles. The third kappa shape index (κ3) is 3.79. The number of aromatic nitrogens is 1. The van der Waals surface area contributed by atoms with E-state index >= 15 is 0 Å². The molecule has 28 heavy (non-hydrogen) atoms. The van der Waals surface area contributed by atoms with Gasteiger partial charge >= 0.3 is 0 Å². The minimum Gasteiger partial charge on any atom is -0.454 e. The summed E-state index contributed by atoms with van der Waals surface area (Å²) >= 11 is 1.17. The summed E-state index contributed by atoms with van der Waals surface area (Å²) in [4.78, 5) is 29.2. The standard InChI is InChI=1S/C21H16N2O4S/c1-13(24)20-19(15-5-3-2-4-6-15)23-21(28-20)22-18(25)10-8-14-7-9-16-17(11-14)27-12-26-16/h2-11H,12H2,1H3,(H,22,23,25)/b10-8+. The van der Waals surface area contributed by atoms with Crippen molar-refractivity contribution in [3.63, 3.8) is 0 Å². The van der Waals surface area contributed by atoms with Gasteiger partial charge in [-0.1, -0.05) is 47.7 Å². The first-order valence-electron chi connectivity index (χ1n) is 8.56. The highest BCUT2D eigenvalue weighted by molar-refractivity contribution is 7.18. The molecular weight excluding hydrogens is 376 g/mol. The molecule has 7 heteroatoms. The van der Waals surface area contributed by atoms with Crippen molar-refractivity contribution >= 4 is 34.2 Å². The second-order valence-electron chi connectivity index (χ2n) is 6.05. The number of rotatable bonds is 5. The lowest BCUT2D eigenvalue weighted by atomic mass is 10.1. The summed E-state index contributed by atoms with van der Waals surface area (Å²) < 4.78 is 10.6. The Morgan fingerprint density at radius 2 is 1.89 bits per heavy atom. The molecule has 0 spiro atoms. The van der Waals surface area contributed by atoms with Crippen LogP contribution in [0.25, 0.3) is 17.3 Å². The first-order chi connectivity index (χ1) is 13.6. The molecular formula is C21H16N2O4S. The maximum atomic E-state index is 12.3. The van der Waals surface area contributed by atoms with Crippen LogP contribution in [0.3, 0.4) is 0 Å². The Balaban J connectivity index is 1.51. The average molecular weight is 392 g/mol. The molecule has 0 atom stereocenters. The zero-order chi connectivity index (χ0) is 19.5. The monoisotopic (exact) mass is 392 g/mol. The normalized spacial score (nSPS) is 12.3. The zero-order valence-electron chi connectivity index (χ0n) is 15.0. The minimum absolute atomic E-state index is 0.0900. The molecule has 2 heterocycles. The van der Waals surface area contributed by atoms with Gasteiger partial charge in [0.1, 0.15) is 0 Å². The van der Waals surface area contributed by atoms with Gasteiger partial charge in [0, 0.05) is 18.6 Å². The van der Waals surface area contributed by atoms with E-state index < -0.39 is 0 Å². The Kier molecular flexibility index (Phi) is 4.90. The molecule has 0 aliphatic carbocycles. The number of nitrogens with one attached hydrogen (secondary N) is 1. The molecule has 1 N–H and O–H groups in total. The predicted octanol–water partition coefficient (Wildman–Crippen LogP) is 4.39. The molecule has 0 unspecified atom stereocenters. The molecule has 1 amide bonds. The third-order valence-corrected chi connectivity index (χ3v) is 5.12. The van der Waals surface area contributed by atoms with Gasteiger partial charge in [-0.2, -0.15) is 0 Å². The fourth-order valence-corrected chi connectivity index (χ4v) is 3.63. The van der Waals surface area contributed by atoms with Crippen LogP contribution in [0.15, 0.2) is 54.6 Å². The van der Waals surface area contributed by atoms with E-state index in [2.05, 4.69) is 10.3 Å². The molecule has 0 radical (unpaired) electrons. The number of anilines is 1. The average Bonchev–Trinajstić information content (AvgIpc) is 3.33. The maximum Gasteiger partial charge on any atom is 0.250 e. The number of ketones is 1. The lowest BCUT2D eigenvalue weighted by molar-refractivity contribution is -0.111. The molecule has 0 saturated carbocycles. The molecule has 3 aromatic rings. The molecule has 140 valence electrons. The zero-order valence-corrected chi connectivity index (χ0v) is 15.8. The Morgan fingerprint density at radius 1 is 1.11 bits per heavy atom. The van der Waals surface area contributed by atoms with Crippen LogP contribution >= 0.6 is 11.3 Å². The van der Waals surface area contributed by atoms with E-state index in [1.54, 1.807) is 18.2 Å². The highest BCUT2D eigenvalue weighted by Gasteiger charge is 2.17. The lowest BCUT2D eigenvalue weighted by Gasteiger charge is -1.99. The summed E-state index contributed by atoms with van der Waals surface area (Å²) in [5.74, 6) is 0.921. The van der Waals surface area contributed by atoms with Gasteiger partial charge in [0.15, 0.2) is 22.4 Å². The van der Waals surface area contributed by atoms with Crippen molar-refractivity contribution in [1.82, 2.24) is 4.98 Å². The van der Waals surface area contributed by atoms with Crippen LogP contribution < -0.4 is 14.8 Å². The fourth-order valence-electron chi connectivity index (χ4n) is 2.74. The van der Waals surface area contributed by atoms with Gasteiger partial charge in [0.05, 0.1) is 10.6 Å². The molecule has 0 saturated heterocycles.